The fourth-order valence-corrected chi connectivity index (χ4v) is 3.02. The first-order chi connectivity index (χ1) is 13.5. The smallest absolute Gasteiger partial charge is 0.251 e. The second-order valence-electron chi connectivity index (χ2n) is 7.02. The molecule has 1 saturated heterocycles. The van der Waals surface area contributed by atoms with E-state index < -0.39 is 0 Å². The van der Waals surface area contributed by atoms with Gasteiger partial charge in [-0.3, -0.25) is 14.5 Å². The van der Waals surface area contributed by atoms with Crippen molar-refractivity contribution in [2.75, 3.05) is 39.4 Å². The number of morpholine rings is 1. The molecule has 2 rings (SSSR count). The van der Waals surface area contributed by atoms with E-state index in [2.05, 4.69) is 15.5 Å². The summed E-state index contributed by atoms with van der Waals surface area (Å²) >= 11 is 0. The molecule has 0 spiro atoms. The number of nitrogens with zero attached hydrogens (tertiary/aromatic N) is 2. The topological polar surface area (TPSA) is 115 Å². The summed E-state index contributed by atoms with van der Waals surface area (Å²) in [7, 11) is 0. The zero-order chi connectivity index (χ0) is 20.4. The van der Waals surface area contributed by atoms with Crippen LogP contribution in [-0.4, -0.2) is 61.2 Å². The number of benzene rings is 1. The molecule has 2 amide bonds. The van der Waals surface area contributed by atoms with E-state index in [1.165, 1.54) is 0 Å². The van der Waals surface area contributed by atoms with Crippen molar-refractivity contribution in [3.8, 4) is 11.8 Å². The largest absolute Gasteiger partial charge is 0.508 e. The number of hydrogen-bond donors (Lipinski definition) is 3. The molecule has 0 saturated carbocycles. The number of aromatic hydroxyl groups is 1. The zero-order valence-electron chi connectivity index (χ0n) is 16.2. The Morgan fingerprint density at radius 2 is 2.07 bits per heavy atom. The molecule has 0 bridgehead atoms. The molecular weight excluding hydrogens is 360 g/mol. The van der Waals surface area contributed by atoms with Crippen LogP contribution < -0.4 is 10.6 Å². The highest BCUT2D eigenvalue weighted by Crippen LogP contribution is 2.21. The number of phenolic OH excluding ortho intramolecular Hbond substituents is 1. The molecule has 28 heavy (non-hydrogen) atoms. The van der Waals surface area contributed by atoms with E-state index in [1.54, 1.807) is 18.2 Å². The fourth-order valence-electron chi connectivity index (χ4n) is 3.02. The molecule has 0 aliphatic carbocycles. The van der Waals surface area contributed by atoms with Crippen molar-refractivity contribution < 1.29 is 19.4 Å². The highest BCUT2D eigenvalue weighted by atomic mass is 16.5. The lowest BCUT2D eigenvalue weighted by Gasteiger charge is -2.26. The van der Waals surface area contributed by atoms with Gasteiger partial charge in [0.2, 0.25) is 5.91 Å². The highest BCUT2D eigenvalue weighted by molar-refractivity contribution is 5.94. The van der Waals surface area contributed by atoms with E-state index in [0.717, 1.165) is 18.7 Å². The predicted molar refractivity (Wildman–Crippen MR) is 104 cm³/mol. The molecular formula is C20H28N4O4. The molecule has 1 unspecified atom stereocenters. The van der Waals surface area contributed by atoms with Crippen molar-refractivity contribution in [3.63, 3.8) is 0 Å². The third kappa shape index (κ3) is 7.18. The molecule has 1 fully saturated rings. The Balaban J connectivity index is 1.81. The number of carbonyl (C=O) groups excluding carboxylic acids is 2. The second kappa shape index (κ2) is 11.3. The van der Waals surface area contributed by atoms with Crippen LogP contribution in [0.1, 0.15) is 35.7 Å². The van der Waals surface area contributed by atoms with Gasteiger partial charge in [-0.25, -0.2) is 0 Å². The van der Waals surface area contributed by atoms with Gasteiger partial charge in [0, 0.05) is 43.7 Å². The van der Waals surface area contributed by atoms with Gasteiger partial charge in [-0.1, -0.05) is 6.92 Å². The van der Waals surface area contributed by atoms with E-state index in [-0.39, 0.29) is 30.0 Å². The van der Waals surface area contributed by atoms with Crippen LogP contribution in [0, 0.1) is 17.2 Å². The average Bonchev–Trinajstić information content (AvgIpc) is 2.68. The van der Waals surface area contributed by atoms with Crippen molar-refractivity contribution in [1.82, 2.24) is 15.5 Å². The Morgan fingerprint density at radius 1 is 1.32 bits per heavy atom. The minimum absolute atomic E-state index is 0.00985. The van der Waals surface area contributed by atoms with Crippen molar-refractivity contribution in [3.05, 3.63) is 29.3 Å². The average molecular weight is 388 g/mol. The molecule has 8 heteroatoms. The second-order valence-corrected chi connectivity index (χ2v) is 7.02. The Hall–Kier alpha value is -2.63. The number of phenols is 1. The lowest BCUT2D eigenvalue weighted by molar-refractivity contribution is -0.121. The summed E-state index contributed by atoms with van der Waals surface area (Å²) < 4.78 is 5.33. The van der Waals surface area contributed by atoms with E-state index in [4.69, 9.17) is 10.00 Å². The zero-order valence-corrected chi connectivity index (χ0v) is 16.2. The predicted octanol–water partition coefficient (Wildman–Crippen LogP) is 1.01. The molecule has 8 nitrogen and oxygen atoms in total. The van der Waals surface area contributed by atoms with Crippen LogP contribution in [0.2, 0.25) is 0 Å². The first-order valence-corrected chi connectivity index (χ1v) is 9.53. The summed E-state index contributed by atoms with van der Waals surface area (Å²) in [6.07, 6.45) is 0.977. The summed E-state index contributed by atoms with van der Waals surface area (Å²) in [4.78, 5) is 26.2. The van der Waals surface area contributed by atoms with Gasteiger partial charge in [0.1, 0.15) is 12.3 Å². The third-order valence-corrected chi connectivity index (χ3v) is 4.66. The minimum atomic E-state index is -0.204. The molecule has 1 aromatic rings. The molecule has 1 atom stereocenters. The summed E-state index contributed by atoms with van der Waals surface area (Å²) in [5, 5.41) is 23.9. The van der Waals surface area contributed by atoms with Crippen LogP contribution in [-0.2, 0) is 16.1 Å². The molecule has 3 N–H and O–H groups in total. The Bertz CT molecular complexity index is 711. The number of rotatable bonds is 9. The number of carbonyl (C=O) groups is 2. The summed E-state index contributed by atoms with van der Waals surface area (Å²) in [5.41, 5.74) is 1.22. The van der Waals surface area contributed by atoms with Gasteiger partial charge in [-0.15, -0.1) is 0 Å². The van der Waals surface area contributed by atoms with Gasteiger partial charge in [0.25, 0.3) is 5.91 Å². The summed E-state index contributed by atoms with van der Waals surface area (Å²) in [5.74, 6) is -0.0910. The lowest BCUT2D eigenvalue weighted by atomic mass is 10.0. The number of nitrogens with one attached hydrogen (secondary N) is 2. The highest BCUT2D eigenvalue weighted by Gasteiger charge is 2.15. The fraction of sp³-hybridized carbons (Fsp3) is 0.550. The molecule has 0 radical (unpaired) electrons. The van der Waals surface area contributed by atoms with E-state index in [0.29, 0.717) is 44.7 Å². The first-order valence-electron chi connectivity index (χ1n) is 9.53. The Labute approximate surface area is 165 Å². The van der Waals surface area contributed by atoms with Gasteiger partial charge < -0.3 is 20.5 Å². The van der Waals surface area contributed by atoms with Crippen molar-refractivity contribution in [2.24, 2.45) is 5.92 Å². The molecule has 152 valence electrons. The van der Waals surface area contributed by atoms with Crippen molar-refractivity contribution in [1.29, 1.82) is 5.26 Å². The number of nitriles is 1. The number of amides is 2. The Kier molecular flexibility index (Phi) is 8.72. The number of hydrogen-bond acceptors (Lipinski definition) is 6. The van der Waals surface area contributed by atoms with E-state index in [1.807, 2.05) is 13.0 Å². The van der Waals surface area contributed by atoms with Crippen LogP contribution in [0.5, 0.6) is 5.75 Å². The van der Waals surface area contributed by atoms with Crippen molar-refractivity contribution in [2.45, 2.75) is 26.3 Å². The van der Waals surface area contributed by atoms with Crippen molar-refractivity contribution >= 4 is 11.8 Å². The molecule has 1 aliphatic rings. The monoisotopic (exact) mass is 388 g/mol. The van der Waals surface area contributed by atoms with Crippen LogP contribution in [0.3, 0.4) is 0 Å². The molecule has 0 aromatic heterocycles. The maximum Gasteiger partial charge on any atom is 0.251 e. The third-order valence-electron chi connectivity index (χ3n) is 4.66. The normalized spacial score (nSPS) is 15.4. The summed E-state index contributed by atoms with van der Waals surface area (Å²) in [6.45, 7) is 5.91. The van der Waals surface area contributed by atoms with Crippen LogP contribution in [0.4, 0.5) is 0 Å². The lowest BCUT2D eigenvalue weighted by Crippen LogP contribution is -2.35. The van der Waals surface area contributed by atoms with Crippen LogP contribution in [0.15, 0.2) is 18.2 Å². The maximum absolute atomic E-state index is 12.4. The number of ether oxygens (including phenoxy) is 1. The molecule has 1 aromatic carbocycles. The van der Waals surface area contributed by atoms with Gasteiger partial charge in [-0.2, -0.15) is 5.26 Å². The maximum atomic E-state index is 12.4. The molecule has 1 heterocycles. The standard InChI is InChI=1S/C20H28N4O4/c1-15(12-19(26)22-7-5-21)4-6-23-20(27)16-2-3-18(25)17(13-16)14-24-8-10-28-11-9-24/h2-3,13,15,25H,4,6-12,14H2,1H3,(H,22,26)(H,23,27). The quantitative estimate of drug-likeness (QED) is 0.544. The molecule has 1 aliphatic heterocycles. The van der Waals surface area contributed by atoms with Gasteiger partial charge in [0.15, 0.2) is 0 Å². The summed E-state index contributed by atoms with van der Waals surface area (Å²) in [6, 6.07) is 6.74. The van der Waals surface area contributed by atoms with Crippen LogP contribution in [0.25, 0.3) is 0 Å². The van der Waals surface area contributed by atoms with Gasteiger partial charge in [0.05, 0.1) is 19.3 Å². The first kappa shape index (κ1) is 21.7. The van der Waals surface area contributed by atoms with Gasteiger partial charge >= 0.3 is 0 Å². The SMILES string of the molecule is CC(CCNC(=O)c1ccc(O)c(CN2CCOCC2)c1)CC(=O)NCC#N. The Morgan fingerprint density at radius 3 is 2.79 bits per heavy atom. The van der Waals surface area contributed by atoms with Crippen LogP contribution >= 0.6 is 0 Å². The van der Waals surface area contributed by atoms with E-state index >= 15 is 0 Å². The van der Waals surface area contributed by atoms with Gasteiger partial charge in [-0.05, 0) is 30.5 Å². The van der Waals surface area contributed by atoms with E-state index in [9.17, 15) is 14.7 Å². The minimum Gasteiger partial charge on any atom is -0.508 e.